The van der Waals surface area contributed by atoms with Crippen molar-refractivity contribution in [2.75, 3.05) is 50.1 Å². The van der Waals surface area contributed by atoms with Gasteiger partial charge in [-0.2, -0.15) is 4.98 Å². The number of nitrogens with one attached hydrogen (secondary N) is 1. The first-order chi connectivity index (χ1) is 19.8. The molecule has 0 amide bonds. The van der Waals surface area contributed by atoms with Crippen LogP contribution in [0.3, 0.4) is 0 Å². The van der Waals surface area contributed by atoms with Crippen LogP contribution in [0.2, 0.25) is 5.02 Å². The first kappa shape index (κ1) is 26.2. The summed E-state index contributed by atoms with van der Waals surface area (Å²) in [6.45, 7) is 10.1. The third-order valence-corrected chi connectivity index (χ3v) is 9.24. The van der Waals surface area contributed by atoms with Crippen molar-refractivity contribution >= 4 is 45.0 Å². The lowest BCUT2D eigenvalue weighted by Gasteiger charge is -2.50. The van der Waals surface area contributed by atoms with Crippen LogP contribution < -0.4 is 15.1 Å². The maximum Gasteiger partial charge on any atom is 0.231 e. The van der Waals surface area contributed by atoms with Crippen molar-refractivity contribution in [1.82, 2.24) is 20.2 Å². The molecule has 4 aliphatic heterocycles. The number of aromatic nitrogens is 2. The molecule has 10 heteroatoms. The van der Waals surface area contributed by atoms with Crippen molar-refractivity contribution < 1.29 is 9.50 Å². The molecule has 0 aliphatic carbocycles. The van der Waals surface area contributed by atoms with E-state index in [9.17, 15) is 5.11 Å². The highest BCUT2D eigenvalue weighted by atomic mass is 35.5. The molecule has 8 rings (SSSR count). The smallest absolute Gasteiger partial charge is 0.231 e. The molecule has 0 unspecified atom stereocenters. The second kappa shape index (κ2) is 9.98. The minimum absolute atomic E-state index is 0.0221. The largest absolute Gasteiger partial charge is 0.508 e. The highest BCUT2D eigenvalue weighted by molar-refractivity contribution is 6.35. The highest BCUT2D eigenvalue weighted by Crippen LogP contribution is 2.44. The highest BCUT2D eigenvalue weighted by Gasteiger charge is 2.43. The van der Waals surface area contributed by atoms with E-state index in [1.165, 1.54) is 0 Å². The molecule has 5 heterocycles. The fraction of sp³-hybridized carbons (Fsp3) is 0.387. The number of halogens is 2. The van der Waals surface area contributed by atoms with Crippen LogP contribution >= 0.6 is 11.6 Å². The lowest BCUT2D eigenvalue weighted by Crippen LogP contribution is -2.67. The molecular formula is C31H31ClFN7O. The predicted octanol–water partition coefficient (Wildman–Crippen LogP) is 4.93. The number of phenols is 1. The van der Waals surface area contributed by atoms with Crippen molar-refractivity contribution in [2.45, 2.75) is 37.0 Å². The summed E-state index contributed by atoms with van der Waals surface area (Å²) in [4.78, 5) is 20.0. The Morgan fingerprint density at radius 2 is 1.93 bits per heavy atom. The standard InChI is InChI=1S/C31H31ClFN7O/c1-34-13-25-26-9-8-18(35-25)14-40(26)30-23-12-24(32)27(22-11-20(41)10-17-6-4-5-7-21(17)22)28(33)29(23)36-31(37-30)39-15-19(16-39)38(2)3/h4-7,10-12,18-19,25-26,35,41H,8-9,13-16H2,2-3H3/t18-,25-,26-/m0/s1. The van der Waals surface area contributed by atoms with E-state index < -0.39 is 5.82 Å². The van der Waals surface area contributed by atoms with Gasteiger partial charge >= 0.3 is 0 Å². The average molecular weight is 572 g/mol. The fourth-order valence-electron chi connectivity index (χ4n) is 6.70. The van der Waals surface area contributed by atoms with Crippen LogP contribution in [0, 0.1) is 12.4 Å². The third kappa shape index (κ3) is 4.33. The Labute approximate surface area is 243 Å². The summed E-state index contributed by atoms with van der Waals surface area (Å²) >= 11 is 6.90. The zero-order valence-electron chi connectivity index (χ0n) is 23.0. The number of rotatable bonds is 5. The molecule has 2 bridgehead atoms. The number of phenolic OH excluding ortho intramolecular Hbond substituents is 1. The van der Waals surface area contributed by atoms with Crippen LogP contribution in [0.4, 0.5) is 16.2 Å². The molecule has 3 atom stereocenters. The first-order valence-electron chi connectivity index (χ1n) is 14.0. The summed E-state index contributed by atoms with van der Waals surface area (Å²) in [5.74, 6) is 0.666. The number of hydrogen-bond acceptors (Lipinski definition) is 7. The summed E-state index contributed by atoms with van der Waals surface area (Å²) in [6.07, 6.45) is 1.97. The van der Waals surface area contributed by atoms with Crippen molar-refractivity contribution in [1.29, 1.82) is 0 Å². The van der Waals surface area contributed by atoms with E-state index in [1.54, 1.807) is 18.2 Å². The topological polar surface area (TPSA) is 72.1 Å². The van der Waals surface area contributed by atoms with E-state index in [2.05, 4.69) is 39.0 Å². The molecule has 41 heavy (non-hydrogen) atoms. The van der Waals surface area contributed by atoms with Gasteiger partial charge in [-0.25, -0.2) is 15.9 Å². The predicted molar refractivity (Wildman–Crippen MR) is 161 cm³/mol. The number of anilines is 2. The lowest BCUT2D eigenvalue weighted by atomic mass is 9.86. The van der Waals surface area contributed by atoms with E-state index in [-0.39, 0.29) is 40.0 Å². The maximum absolute atomic E-state index is 16.8. The van der Waals surface area contributed by atoms with Gasteiger partial charge in [0, 0.05) is 42.7 Å². The number of fused-ring (bicyclic) bond motifs is 5. The van der Waals surface area contributed by atoms with Gasteiger partial charge in [-0.1, -0.05) is 35.9 Å². The Morgan fingerprint density at radius 1 is 1.12 bits per heavy atom. The van der Waals surface area contributed by atoms with Gasteiger partial charge in [0.25, 0.3) is 0 Å². The molecule has 8 nitrogen and oxygen atoms in total. The van der Waals surface area contributed by atoms with Crippen molar-refractivity contribution in [3.8, 4) is 16.9 Å². The van der Waals surface area contributed by atoms with Gasteiger partial charge in [0.1, 0.15) is 23.1 Å². The van der Waals surface area contributed by atoms with Gasteiger partial charge in [-0.15, -0.1) is 0 Å². The van der Waals surface area contributed by atoms with Crippen LogP contribution in [0.1, 0.15) is 12.8 Å². The fourth-order valence-corrected chi connectivity index (χ4v) is 6.99. The number of benzene rings is 3. The molecule has 4 aromatic rings. The van der Waals surface area contributed by atoms with E-state index in [0.717, 1.165) is 43.2 Å². The lowest BCUT2D eigenvalue weighted by molar-refractivity contribution is 0.229. The first-order valence-corrected chi connectivity index (χ1v) is 14.4. The maximum atomic E-state index is 16.8. The van der Waals surface area contributed by atoms with Gasteiger partial charge in [-0.05, 0) is 61.5 Å². The number of piperazine rings is 1. The van der Waals surface area contributed by atoms with E-state index >= 15 is 4.39 Å². The van der Waals surface area contributed by atoms with Crippen molar-refractivity contribution in [3.05, 3.63) is 64.7 Å². The summed E-state index contributed by atoms with van der Waals surface area (Å²) in [6, 6.07) is 13.2. The molecule has 4 aliphatic rings. The molecule has 0 saturated carbocycles. The van der Waals surface area contributed by atoms with E-state index in [4.69, 9.17) is 28.1 Å². The zero-order chi connectivity index (χ0) is 28.4. The van der Waals surface area contributed by atoms with Gasteiger partial charge < -0.3 is 30.0 Å². The number of nitrogens with zero attached hydrogens (tertiary/aromatic N) is 6. The Hall–Kier alpha value is -3.71. The molecular weight excluding hydrogens is 541 g/mol. The summed E-state index contributed by atoms with van der Waals surface area (Å²) in [7, 11) is 4.11. The van der Waals surface area contributed by atoms with Gasteiger partial charge in [0.15, 0.2) is 5.82 Å². The number of piperidine rings is 2. The summed E-state index contributed by atoms with van der Waals surface area (Å²) in [5, 5.41) is 16.5. The molecule has 2 N–H and O–H groups in total. The molecule has 0 spiro atoms. The van der Waals surface area contributed by atoms with Crippen LogP contribution in [0.15, 0.2) is 42.5 Å². The number of hydrogen-bond donors (Lipinski definition) is 2. The summed E-state index contributed by atoms with van der Waals surface area (Å²) in [5.41, 5.74) is 0.937. The quantitative estimate of drug-likeness (QED) is 0.329. The monoisotopic (exact) mass is 571 g/mol. The van der Waals surface area contributed by atoms with Gasteiger partial charge in [0.05, 0.1) is 11.1 Å². The van der Waals surface area contributed by atoms with Crippen LogP contribution in [-0.4, -0.2) is 84.4 Å². The normalized spacial score (nSPS) is 22.5. The second-order valence-corrected chi connectivity index (χ2v) is 12.0. The Bertz CT molecular complexity index is 1720. The van der Waals surface area contributed by atoms with Crippen molar-refractivity contribution in [3.63, 3.8) is 0 Å². The Kier molecular flexibility index (Phi) is 6.38. The minimum atomic E-state index is -0.532. The molecule has 0 radical (unpaired) electrons. The van der Waals surface area contributed by atoms with Gasteiger partial charge in [-0.3, -0.25) is 0 Å². The van der Waals surface area contributed by atoms with E-state index in [0.29, 0.717) is 35.3 Å². The zero-order valence-corrected chi connectivity index (χ0v) is 23.7. The molecule has 4 saturated heterocycles. The van der Waals surface area contributed by atoms with Crippen LogP contribution in [-0.2, 0) is 0 Å². The van der Waals surface area contributed by atoms with Gasteiger partial charge in [0.2, 0.25) is 12.5 Å². The molecule has 210 valence electrons. The molecule has 1 aromatic heterocycles. The Morgan fingerprint density at radius 3 is 2.68 bits per heavy atom. The second-order valence-electron chi connectivity index (χ2n) is 11.6. The van der Waals surface area contributed by atoms with Crippen LogP contribution in [0.5, 0.6) is 5.75 Å². The molecule has 3 aromatic carbocycles. The average Bonchev–Trinajstić information content (AvgIpc) is 2.92. The third-order valence-electron chi connectivity index (χ3n) is 8.94. The van der Waals surface area contributed by atoms with Crippen LogP contribution in [0.25, 0.3) is 37.6 Å². The Balaban J connectivity index is 1.43. The number of aromatic hydroxyl groups is 1. The molecule has 4 fully saturated rings. The van der Waals surface area contributed by atoms with Crippen molar-refractivity contribution in [2.24, 2.45) is 0 Å². The SMILES string of the molecule is [C-]#[N+]C[C@@H]1N[C@H]2CC[C@@H]1N(c1nc(N3CC(N(C)C)C3)nc3c(F)c(-c4cc(O)cc5ccccc45)c(Cl)cc13)C2. The van der Waals surface area contributed by atoms with E-state index in [1.807, 2.05) is 24.3 Å². The summed E-state index contributed by atoms with van der Waals surface area (Å²) < 4.78 is 16.8. The number of likely N-dealkylation sites (N-methyl/N-ethyl adjacent to an activating group) is 1. The minimum Gasteiger partial charge on any atom is -0.508 e.